The van der Waals surface area contributed by atoms with Crippen LogP contribution in [-0.2, 0) is 6.42 Å². The summed E-state index contributed by atoms with van der Waals surface area (Å²) >= 11 is 7.39. The smallest absolute Gasteiger partial charge is 0.0102 e. The van der Waals surface area contributed by atoms with Gasteiger partial charge in [-0.2, -0.15) is 0 Å². The summed E-state index contributed by atoms with van der Waals surface area (Å²) < 4.78 is 0. The zero-order valence-electron chi connectivity index (χ0n) is 11.2. The molecule has 0 aromatic heterocycles. The first-order chi connectivity index (χ1) is 7.95. The summed E-state index contributed by atoms with van der Waals surface area (Å²) in [5.74, 6) is 0.655. The summed E-state index contributed by atoms with van der Waals surface area (Å²) in [5.41, 5.74) is 4.52. The van der Waals surface area contributed by atoms with Gasteiger partial charge in [-0.05, 0) is 48.3 Å². The van der Waals surface area contributed by atoms with Crippen LogP contribution >= 0.6 is 31.9 Å². The van der Waals surface area contributed by atoms with E-state index >= 15 is 0 Å². The second-order valence-corrected chi connectivity index (χ2v) is 6.50. The highest BCUT2D eigenvalue weighted by Crippen LogP contribution is 2.36. The second kappa shape index (κ2) is 6.38. The minimum absolute atomic E-state index is 0.307. The van der Waals surface area contributed by atoms with E-state index < -0.39 is 0 Å². The van der Waals surface area contributed by atoms with Crippen LogP contribution in [0, 0.1) is 25.2 Å². The van der Waals surface area contributed by atoms with Crippen LogP contribution in [0.5, 0.6) is 0 Å². The first kappa shape index (κ1) is 15.2. The lowest BCUT2D eigenvalue weighted by Crippen LogP contribution is -2.33. The van der Waals surface area contributed by atoms with E-state index in [4.69, 9.17) is 0 Å². The summed E-state index contributed by atoms with van der Waals surface area (Å²) in [6.45, 7) is 8.98. The van der Waals surface area contributed by atoms with Crippen molar-refractivity contribution in [1.82, 2.24) is 0 Å². The van der Waals surface area contributed by atoms with E-state index in [0.717, 1.165) is 17.1 Å². The number of hydrogen-bond acceptors (Lipinski definition) is 0. The molecular formula is C15H22Br2. The normalized spacial score (nSPS) is 12.2. The van der Waals surface area contributed by atoms with Crippen LogP contribution in [0.1, 0.15) is 30.5 Å². The Bertz CT molecular complexity index is 365. The zero-order valence-corrected chi connectivity index (χ0v) is 14.4. The van der Waals surface area contributed by atoms with Gasteiger partial charge in [0.1, 0.15) is 0 Å². The molecule has 0 nitrogen and oxygen atoms in total. The Morgan fingerprint density at radius 1 is 1.06 bits per heavy atom. The van der Waals surface area contributed by atoms with Crippen molar-refractivity contribution >= 4 is 31.9 Å². The minimum Gasteiger partial charge on any atom is -0.0921 e. The van der Waals surface area contributed by atoms with Gasteiger partial charge < -0.3 is 0 Å². The van der Waals surface area contributed by atoms with Gasteiger partial charge in [-0.25, -0.2) is 0 Å². The second-order valence-electron chi connectivity index (χ2n) is 5.38. The Morgan fingerprint density at radius 3 is 2.06 bits per heavy atom. The fourth-order valence-corrected chi connectivity index (χ4v) is 4.58. The van der Waals surface area contributed by atoms with E-state index in [1.165, 1.54) is 16.7 Å². The summed E-state index contributed by atoms with van der Waals surface area (Å²) in [4.78, 5) is 0. The molecular weight excluding hydrogens is 340 g/mol. The molecule has 0 N–H and O–H groups in total. The third kappa shape index (κ3) is 3.57. The fraction of sp³-hybridized carbons (Fsp3) is 0.600. The molecule has 96 valence electrons. The molecule has 0 heterocycles. The lowest BCUT2D eigenvalue weighted by Gasteiger charge is -2.34. The number of rotatable bonds is 5. The zero-order chi connectivity index (χ0) is 13.1. The maximum Gasteiger partial charge on any atom is 0.0102 e. The number of halogens is 2. The van der Waals surface area contributed by atoms with Crippen molar-refractivity contribution in [2.75, 3.05) is 10.7 Å². The average Bonchev–Trinajstić information content (AvgIpc) is 2.30. The Hall–Kier alpha value is 0.180. The Morgan fingerprint density at radius 2 is 1.65 bits per heavy atom. The highest BCUT2D eigenvalue weighted by molar-refractivity contribution is 9.09. The van der Waals surface area contributed by atoms with Gasteiger partial charge in [0.25, 0.3) is 0 Å². The van der Waals surface area contributed by atoms with Crippen LogP contribution < -0.4 is 0 Å². The van der Waals surface area contributed by atoms with Gasteiger partial charge in [-0.1, -0.05) is 63.9 Å². The number of benzene rings is 1. The summed E-state index contributed by atoms with van der Waals surface area (Å²) in [6.07, 6.45) is 1.13. The summed E-state index contributed by atoms with van der Waals surface area (Å²) in [7, 11) is 0. The molecule has 0 radical (unpaired) electrons. The van der Waals surface area contributed by atoms with Gasteiger partial charge >= 0.3 is 0 Å². The Labute approximate surface area is 122 Å². The van der Waals surface area contributed by atoms with E-state index in [9.17, 15) is 0 Å². The molecule has 17 heavy (non-hydrogen) atoms. The molecule has 0 aliphatic carbocycles. The van der Waals surface area contributed by atoms with Crippen LogP contribution in [-0.4, -0.2) is 10.7 Å². The van der Waals surface area contributed by atoms with E-state index in [1.807, 2.05) is 0 Å². The predicted molar refractivity (Wildman–Crippen MR) is 84.5 cm³/mol. The van der Waals surface area contributed by atoms with Crippen molar-refractivity contribution in [3.63, 3.8) is 0 Å². The maximum atomic E-state index is 3.69. The van der Waals surface area contributed by atoms with Crippen molar-refractivity contribution in [3.8, 4) is 0 Å². The van der Waals surface area contributed by atoms with Crippen molar-refractivity contribution in [2.24, 2.45) is 11.3 Å². The molecule has 1 aromatic carbocycles. The van der Waals surface area contributed by atoms with E-state index in [1.54, 1.807) is 0 Å². The van der Waals surface area contributed by atoms with E-state index in [2.05, 4.69) is 77.8 Å². The molecule has 0 spiro atoms. The van der Waals surface area contributed by atoms with Crippen LogP contribution in [0.4, 0.5) is 0 Å². The van der Waals surface area contributed by atoms with E-state index in [-0.39, 0.29) is 0 Å². The highest BCUT2D eigenvalue weighted by Gasteiger charge is 2.31. The van der Waals surface area contributed by atoms with Gasteiger partial charge in [0.2, 0.25) is 0 Å². The molecule has 0 saturated heterocycles. The van der Waals surface area contributed by atoms with Crippen LogP contribution in [0.25, 0.3) is 0 Å². The standard InChI is InChI=1S/C15H22Br2/c1-11(2)15(9-16,10-17)8-14-6-5-12(3)13(4)7-14/h5-7,11H,8-10H2,1-4H3. The van der Waals surface area contributed by atoms with Crippen molar-refractivity contribution in [1.29, 1.82) is 0 Å². The minimum atomic E-state index is 0.307. The lowest BCUT2D eigenvalue weighted by atomic mass is 9.76. The van der Waals surface area contributed by atoms with Crippen molar-refractivity contribution < 1.29 is 0 Å². The fourth-order valence-electron chi connectivity index (χ4n) is 1.96. The van der Waals surface area contributed by atoms with Gasteiger partial charge in [0, 0.05) is 10.7 Å². The molecule has 0 bridgehead atoms. The Balaban J connectivity index is 2.97. The van der Waals surface area contributed by atoms with Crippen molar-refractivity contribution in [2.45, 2.75) is 34.1 Å². The maximum absolute atomic E-state index is 3.69. The first-order valence-electron chi connectivity index (χ1n) is 6.13. The van der Waals surface area contributed by atoms with Crippen LogP contribution in [0.15, 0.2) is 18.2 Å². The summed E-state index contributed by atoms with van der Waals surface area (Å²) in [5, 5.41) is 2.08. The molecule has 0 unspecified atom stereocenters. The topological polar surface area (TPSA) is 0 Å². The highest BCUT2D eigenvalue weighted by atomic mass is 79.9. The first-order valence-corrected chi connectivity index (χ1v) is 8.37. The number of aryl methyl sites for hydroxylation is 2. The molecule has 0 aliphatic heterocycles. The quantitative estimate of drug-likeness (QED) is 0.626. The molecule has 0 aliphatic rings. The van der Waals surface area contributed by atoms with Gasteiger partial charge in [-0.3, -0.25) is 0 Å². The molecule has 2 heteroatoms. The molecule has 0 amide bonds. The largest absolute Gasteiger partial charge is 0.0921 e. The molecule has 1 aromatic rings. The third-order valence-electron chi connectivity index (χ3n) is 3.88. The molecule has 0 atom stereocenters. The molecule has 0 saturated carbocycles. The molecule has 0 fully saturated rings. The lowest BCUT2D eigenvalue weighted by molar-refractivity contribution is 0.268. The Kier molecular flexibility index (Phi) is 5.72. The summed E-state index contributed by atoms with van der Waals surface area (Å²) in [6, 6.07) is 6.83. The van der Waals surface area contributed by atoms with Crippen molar-refractivity contribution in [3.05, 3.63) is 34.9 Å². The monoisotopic (exact) mass is 360 g/mol. The van der Waals surface area contributed by atoms with Crippen LogP contribution in [0.3, 0.4) is 0 Å². The van der Waals surface area contributed by atoms with E-state index in [0.29, 0.717) is 11.3 Å². The van der Waals surface area contributed by atoms with Crippen LogP contribution in [0.2, 0.25) is 0 Å². The third-order valence-corrected chi connectivity index (χ3v) is 6.12. The average molecular weight is 362 g/mol. The predicted octanol–water partition coefficient (Wildman–Crippen LogP) is 5.28. The van der Waals surface area contributed by atoms with Gasteiger partial charge in [0.05, 0.1) is 0 Å². The number of alkyl halides is 2. The molecule has 1 rings (SSSR count). The van der Waals surface area contributed by atoms with Gasteiger partial charge in [0.15, 0.2) is 0 Å². The number of hydrogen-bond donors (Lipinski definition) is 0. The van der Waals surface area contributed by atoms with Gasteiger partial charge in [-0.15, -0.1) is 0 Å². The SMILES string of the molecule is Cc1ccc(CC(CBr)(CBr)C(C)C)cc1C.